The Bertz CT molecular complexity index is 2900. The first kappa shape index (κ1) is 98.6. The average Bonchev–Trinajstić information content (AvgIpc) is 0.818. The molecule has 0 aliphatic carbocycles. The van der Waals surface area contributed by atoms with Gasteiger partial charge in [-0.25, -0.2) is 0 Å². The molecule has 0 aromatic heterocycles. The summed E-state index contributed by atoms with van der Waals surface area (Å²) >= 11 is 0. The quantitative estimate of drug-likeness (QED) is 0.0422. The van der Waals surface area contributed by atoms with E-state index in [-0.39, 0.29) is 147 Å². The molecule has 5 aliphatic rings. The summed E-state index contributed by atoms with van der Waals surface area (Å²) < 4.78 is 37.9. The van der Waals surface area contributed by atoms with Gasteiger partial charge in [0.1, 0.15) is 0 Å². The smallest absolute Gasteiger partial charge is 0.320 e. The van der Waals surface area contributed by atoms with Crippen LogP contribution in [0.2, 0.25) is 68.2 Å². The number of hydrogen-bond acceptors (Lipinski definition) is 15. The predicted octanol–water partition coefficient (Wildman–Crippen LogP) is 9.59. The van der Waals surface area contributed by atoms with Crippen molar-refractivity contribution in [3.05, 3.63) is 152 Å². The Kier molecular flexibility index (Phi) is 50.6. The van der Waals surface area contributed by atoms with Gasteiger partial charge in [-0.1, -0.05) is 177 Å². The minimum absolute atomic E-state index is 0. The molecule has 10 rings (SSSR count). The zero-order valence-electron chi connectivity index (χ0n) is 65.1. The molecule has 5 heterocycles. The van der Waals surface area contributed by atoms with Crippen molar-refractivity contribution < 1.29 is 97.4 Å². The van der Waals surface area contributed by atoms with E-state index in [4.69, 9.17) is 0 Å². The third kappa shape index (κ3) is 28.7. The molecule has 5 saturated heterocycles. The zero-order valence-corrected chi connectivity index (χ0v) is 79.0. The monoisotopic (exact) mass is 1880 g/mol. The van der Waals surface area contributed by atoms with E-state index in [0.717, 1.165) is 6.54 Å². The van der Waals surface area contributed by atoms with Crippen molar-refractivity contribution in [1.82, 2.24) is 46.0 Å². The fraction of sp³-hybridized carbons (Fsp3) is 0.545. The molecule has 5 aromatic rings. The Labute approximate surface area is 699 Å². The molecule has 101 heavy (non-hydrogen) atoms. The molecule has 0 bridgehead atoms. The molecule has 0 unspecified atom stereocenters. The Morgan fingerprint density at radius 2 is 0.525 bits per heavy atom. The molecule has 556 valence electrons. The van der Waals surface area contributed by atoms with Crippen LogP contribution in [0.5, 0.6) is 0 Å². The maximum atomic E-state index is 3.39. The number of unbranched alkanes of at least 4 members (excludes halogenated alkanes) is 6. The van der Waals surface area contributed by atoms with Crippen molar-refractivity contribution in [2.75, 3.05) is 83.8 Å². The van der Waals surface area contributed by atoms with Gasteiger partial charge >= 0.3 is 34.9 Å². The second-order valence-corrected chi connectivity index (χ2v) is 35.1. The summed E-state index contributed by atoms with van der Waals surface area (Å²) in [5, 5.41) is 0. The van der Waals surface area contributed by atoms with Crippen molar-refractivity contribution in [2.45, 2.75) is 180 Å². The molecule has 0 saturated carbocycles. The van der Waals surface area contributed by atoms with E-state index in [1.54, 1.807) is 0 Å². The van der Waals surface area contributed by atoms with Gasteiger partial charge in [0, 0.05) is 97.4 Å². The van der Waals surface area contributed by atoms with Crippen LogP contribution in [0.3, 0.4) is 0 Å². The van der Waals surface area contributed by atoms with E-state index < -0.39 is 0 Å². The molecule has 10 radical (unpaired) electrons. The molecule has 0 spiro atoms. The van der Waals surface area contributed by atoms with Crippen LogP contribution in [0.4, 0.5) is 28.4 Å². The Morgan fingerprint density at radius 3 is 0.772 bits per heavy atom. The van der Waals surface area contributed by atoms with Crippen LogP contribution in [0.15, 0.2) is 121 Å². The maximum Gasteiger partial charge on any atom is 0.320 e. The SMILES string of the molecule is CB1N(C)[SiH]N(c2[c-]cccc2)B(C)N1C(C)C.CCCCCCN1B(C)N(C)[SiH]N(c2[c-]cccc2)B1C.CCCCCN1B(C)N(C)[SiH]N(c2[c-]cccc2)B1C.CCCCN1B(C)N(C)[SiH]N(c2[c-]cccc2)B1C.CCCN1B(C)N(C)[SiH]N(c2[c-]cccc2)B1C.[Rh].[Rh].[Rh].[Rh].[Rh]. The summed E-state index contributed by atoms with van der Waals surface area (Å²) in [7, 11) is 11.9. The number of hydrogen-bond donors (Lipinski definition) is 0. The summed E-state index contributed by atoms with van der Waals surface area (Å²) in [4.78, 5) is 0. The average molecular weight is 1880 g/mol. The Balaban J connectivity index is 0.000000624. The van der Waals surface area contributed by atoms with Gasteiger partial charge in [0.15, 0.2) is 0 Å². The Hall–Kier alpha value is -0.449. The zero-order chi connectivity index (χ0) is 70.0. The first-order valence-electron chi connectivity index (χ1n) is 36.5. The van der Waals surface area contributed by atoms with E-state index in [9.17, 15) is 0 Å². The summed E-state index contributed by atoms with van der Waals surface area (Å²) in [5.74, 6) is 0. The molecule has 0 amide bonds. The topological polar surface area (TPSA) is 48.6 Å². The fourth-order valence-electron chi connectivity index (χ4n) is 13.7. The van der Waals surface area contributed by atoms with Gasteiger partial charge in [-0.2, -0.15) is 121 Å². The van der Waals surface area contributed by atoms with E-state index in [2.05, 4.69) is 304 Å². The van der Waals surface area contributed by atoms with Crippen molar-refractivity contribution in [2.24, 2.45) is 0 Å². The molecule has 5 aromatic carbocycles. The van der Waals surface area contributed by atoms with Crippen LogP contribution in [0.1, 0.15) is 106 Å². The van der Waals surface area contributed by atoms with Gasteiger partial charge < -0.3 is 68.4 Å². The second-order valence-electron chi connectivity index (χ2n) is 27.1. The van der Waals surface area contributed by atoms with E-state index in [1.807, 2.05) is 60.7 Å². The molecular weight excluding hydrogens is 1770 g/mol. The van der Waals surface area contributed by atoms with Crippen molar-refractivity contribution in [1.29, 1.82) is 0 Å². The van der Waals surface area contributed by atoms with Gasteiger partial charge in [-0.3, -0.25) is 0 Å². The van der Waals surface area contributed by atoms with Gasteiger partial charge in [0.05, 0.1) is 0 Å². The van der Waals surface area contributed by atoms with Crippen molar-refractivity contribution in [3.8, 4) is 0 Å². The third-order valence-electron chi connectivity index (χ3n) is 20.2. The fourth-order valence-corrected chi connectivity index (χ4v) is 20.7. The molecule has 35 heteroatoms. The van der Waals surface area contributed by atoms with Crippen LogP contribution in [-0.4, -0.2) is 232 Å². The standard InChI is InChI=1S/C15H27B2N3Si.C14H25B2N3Si.C13H23B2N3Si.2C12H21B2N3Si.5Rh/c1-5-6-7-11-14-19-16(2)18(4)21-20(17(19)3)15-12-9-8-10-13-15;1-5-6-10-13-18-15(2)17(4)20-19(16(18)3)14-11-8-7-9-12-14;1-5-6-12-17-14(2)16(4)19-18(15(17)3)13-10-8-7-9-11-13;1-11(2)16-13(3)15(5)18-17(14(16)4)12-9-7-6-8-10-12;1-5-11-16-13(2)15(4)18-17(14(16)3)12-9-7-6-8-10-12;;;;;/h8-10,12,21H,5-7,11,14H2,1-4H3;7-9,11,20H,5-6,10,13H2,1-4H3;7-10,19H,5-6,12H2,1-4H3;6-9,11,18H,1-5H3;6-9,18H,5,11H2,1-4H3;;;;;/q5*-1;;;;;. The molecule has 5 aliphatic heterocycles. The maximum absolute atomic E-state index is 3.39. The number of para-hydroxylation sites is 5. The van der Waals surface area contributed by atoms with Gasteiger partial charge in [0.2, 0.25) is 49.2 Å². The summed E-state index contributed by atoms with van der Waals surface area (Å²) in [5.41, 5.74) is 6.13. The van der Waals surface area contributed by atoms with Crippen LogP contribution in [-0.2, 0) is 97.4 Å². The minimum Gasteiger partial charge on any atom is -0.442 e. The first-order chi connectivity index (χ1) is 46.1. The van der Waals surface area contributed by atoms with Crippen LogP contribution in [0, 0.1) is 30.3 Å². The number of rotatable bonds is 20. The van der Waals surface area contributed by atoms with E-state index in [1.165, 1.54) is 112 Å². The van der Waals surface area contributed by atoms with Crippen LogP contribution < -0.4 is 22.4 Å². The van der Waals surface area contributed by atoms with Gasteiger partial charge in [0.25, 0.3) is 34.9 Å². The molecular formula is C66H117B10N15Rh5Si5-5. The van der Waals surface area contributed by atoms with Crippen molar-refractivity contribution >= 4 is 147 Å². The third-order valence-corrected chi connectivity index (χ3v) is 29.0. The first-order valence-corrected chi connectivity index (χ1v) is 41.7. The number of anilines is 5. The molecule has 15 nitrogen and oxygen atoms in total. The summed E-state index contributed by atoms with van der Waals surface area (Å²) in [6.45, 7) is 46.5. The van der Waals surface area contributed by atoms with Crippen LogP contribution in [0.25, 0.3) is 0 Å². The summed E-state index contributed by atoms with van der Waals surface area (Å²) in [6.07, 6.45) is 12.9. The Morgan fingerprint density at radius 1 is 0.287 bits per heavy atom. The van der Waals surface area contributed by atoms with E-state index in [0.29, 0.717) is 75.9 Å². The predicted molar refractivity (Wildman–Crippen MR) is 442 cm³/mol. The van der Waals surface area contributed by atoms with Gasteiger partial charge in [-0.05, 0) is 93.1 Å². The largest absolute Gasteiger partial charge is 0.442 e. The number of benzene rings is 5. The molecule has 5 fully saturated rings. The normalized spacial score (nSPS) is 17.3. The summed E-state index contributed by atoms with van der Waals surface area (Å²) in [6, 6.07) is 59.0. The molecule has 0 N–H and O–H groups in total. The second kappa shape index (κ2) is 51.9. The van der Waals surface area contributed by atoms with Crippen molar-refractivity contribution in [3.63, 3.8) is 0 Å². The van der Waals surface area contributed by atoms with Crippen LogP contribution >= 0.6 is 0 Å². The minimum atomic E-state index is 0. The van der Waals surface area contributed by atoms with E-state index >= 15 is 0 Å². The molecule has 0 atom stereocenters. The van der Waals surface area contributed by atoms with Gasteiger partial charge in [-0.15, -0.1) is 30.3 Å². The number of nitrogens with zero attached hydrogens (tertiary/aromatic N) is 15.